The van der Waals surface area contributed by atoms with Crippen molar-refractivity contribution in [1.82, 2.24) is 15.0 Å². The lowest BCUT2D eigenvalue weighted by Gasteiger charge is -2.21. The number of carboxylic acids is 1. The number of hydrogen-bond donors (Lipinski definition) is 2. The summed E-state index contributed by atoms with van der Waals surface area (Å²) in [5.41, 5.74) is 4.80. The first-order valence-corrected chi connectivity index (χ1v) is 10.0. The summed E-state index contributed by atoms with van der Waals surface area (Å²) in [7, 11) is 3.37. The molecule has 0 amide bonds. The van der Waals surface area contributed by atoms with Crippen LogP contribution >= 0.6 is 11.3 Å². The number of aromatic nitrogens is 3. The van der Waals surface area contributed by atoms with Gasteiger partial charge in [0.05, 0.1) is 20.1 Å². The molecular weight excluding hydrogens is 390 g/mol. The van der Waals surface area contributed by atoms with Gasteiger partial charge in [-0.2, -0.15) is 0 Å². The monoisotopic (exact) mass is 411 g/mol. The van der Waals surface area contributed by atoms with E-state index in [1.54, 1.807) is 30.2 Å². The van der Waals surface area contributed by atoms with Crippen molar-refractivity contribution in [3.63, 3.8) is 0 Å². The van der Waals surface area contributed by atoms with Crippen LogP contribution in [0.1, 0.15) is 34.6 Å². The number of ether oxygens (including phenoxy) is 1. The van der Waals surface area contributed by atoms with Gasteiger partial charge in [-0.05, 0) is 58.1 Å². The zero-order chi connectivity index (χ0) is 20.7. The number of aryl methyl sites for hydroxylation is 2. The van der Waals surface area contributed by atoms with Crippen LogP contribution in [-0.2, 0) is 18.4 Å². The van der Waals surface area contributed by atoms with Crippen molar-refractivity contribution >= 4 is 38.4 Å². The second-order valence-corrected chi connectivity index (χ2v) is 7.95. The smallest absolute Gasteiger partial charge is 0.304 e. The van der Waals surface area contributed by atoms with Crippen molar-refractivity contribution in [2.75, 3.05) is 7.11 Å². The van der Waals surface area contributed by atoms with Crippen molar-refractivity contribution < 1.29 is 19.7 Å². The first-order chi connectivity index (χ1) is 13.9. The third-order valence-electron chi connectivity index (χ3n) is 5.33. The standard InChI is InChI=1S/C21H21N3O4S/c1-11-15(8-17(28-3)20-19(11)22-23-24(20)2)16(9-18(26)27)13-6-12-4-5-29-21(12)14(7-13)10-25/h4-8,16,25H,9-10H2,1-3H3,(H,26,27). The summed E-state index contributed by atoms with van der Waals surface area (Å²) in [5, 5.41) is 30.8. The third-order valence-corrected chi connectivity index (χ3v) is 6.34. The van der Waals surface area contributed by atoms with E-state index in [4.69, 9.17) is 4.74 Å². The van der Waals surface area contributed by atoms with Gasteiger partial charge in [-0.15, -0.1) is 16.4 Å². The Morgan fingerprint density at radius 2 is 2.14 bits per heavy atom. The fraction of sp³-hybridized carbons (Fsp3) is 0.286. The minimum Gasteiger partial charge on any atom is -0.494 e. The minimum atomic E-state index is -0.899. The minimum absolute atomic E-state index is 0.0870. The van der Waals surface area contributed by atoms with Crippen molar-refractivity contribution in [3.05, 3.63) is 51.9 Å². The van der Waals surface area contributed by atoms with E-state index in [-0.39, 0.29) is 13.0 Å². The zero-order valence-electron chi connectivity index (χ0n) is 16.3. The molecule has 1 unspecified atom stereocenters. The molecule has 4 rings (SSSR count). The Bertz CT molecular complexity index is 1230. The maximum Gasteiger partial charge on any atom is 0.304 e. The number of aliphatic carboxylic acids is 1. The fourth-order valence-electron chi connectivity index (χ4n) is 3.94. The normalized spacial score (nSPS) is 12.6. The van der Waals surface area contributed by atoms with Crippen LogP contribution in [0.15, 0.2) is 29.6 Å². The fourth-order valence-corrected chi connectivity index (χ4v) is 4.83. The van der Waals surface area contributed by atoms with Crippen LogP contribution in [0, 0.1) is 6.92 Å². The molecule has 0 bridgehead atoms. The van der Waals surface area contributed by atoms with Gasteiger partial charge < -0.3 is 14.9 Å². The van der Waals surface area contributed by atoms with Crippen LogP contribution in [0.25, 0.3) is 21.1 Å². The van der Waals surface area contributed by atoms with Crippen LogP contribution in [0.2, 0.25) is 0 Å². The van der Waals surface area contributed by atoms with E-state index in [0.29, 0.717) is 11.3 Å². The number of benzene rings is 2. The van der Waals surface area contributed by atoms with E-state index >= 15 is 0 Å². The van der Waals surface area contributed by atoms with Crippen LogP contribution in [0.5, 0.6) is 5.75 Å². The zero-order valence-corrected chi connectivity index (χ0v) is 17.2. The number of rotatable bonds is 6. The Morgan fingerprint density at radius 3 is 2.83 bits per heavy atom. The highest BCUT2D eigenvalue weighted by Crippen LogP contribution is 2.39. The summed E-state index contributed by atoms with van der Waals surface area (Å²) in [6, 6.07) is 7.77. The highest BCUT2D eigenvalue weighted by molar-refractivity contribution is 7.17. The predicted molar refractivity (Wildman–Crippen MR) is 112 cm³/mol. The van der Waals surface area contributed by atoms with E-state index in [1.165, 1.54) is 0 Å². The molecule has 150 valence electrons. The van der Waals surface area contributed by atoms with Gasteiger partial charge in [0.15, 0.2) is 0 Å². The van der Waals surface area contributed by atoms with Gasteiger partial charge in [0.1, 0.15) is 16.8 Å². The molecule has 0 radical (unpaired) electrons. The Balaban J connectivity index is 1.97. The lowest BCUT2D eigenvalue weighted by Crippen LogP contribution is -2.11. The van der Waals surface area contributed by atoms with Crippen molar-refractivity contribution in [1.29, 1.82) is 0 Å². The second kappa shape index (κ2) is 7.46. The summed E-state index contributed by atoms with van der Waals surface area (Å²) in [6.45, 7) is 1.83. The molecule has 2 heterocycles. The number of aliphatic hydroxyl groups is 1. The van der Waals surface area contributed by atoms with E-state index in [2.05, 4.69) is 10.3 Å². The van der Waals surface area contributed by atoms with E-state index in [0.717, 1.165) is 37.9 Å². The number of carboxylic acid groups (broad SMARTS) is 1. The van der Waals surface area contributed by atoms with Crippen LogP contribution in [0.4, 0.5) is 0 Å². The van der Waals surface area contributed by atoms with Gasteiger partial charge in [-0.3, -0.25) is 4.79 Å². The Kier molecular flexibility index (Phi) is 4.97. The average Bonchev–Trinajstić information content (AvgIpc) is 3.33. The SMILES string of the molecule is COc1cc(C(CC(=O)O)c2cc(CO)c3sccc3c2)c(C)c2nnn(C)c12. The lowest BCUT2D eigenvalue weighted by atomic mass is 9.84. The number of thiophene rings is 1. The number of methoxy groups -OCH3 is 1. The maximum atomic E-state index is 11.7. The molecule has 4 aromatic rings. The largest absolute Gasteiger partial charge is 0.494 e. The average molecular weight is 411 g/mol. The molecular formula is C21H21N3O4S. The highest BCUT2D eigenvalue weighted by atomic mass is 32.1. The van der Waals surface area contributed by atoms with E-state index in [9.17, 15) is 15.0 Å². The topological polar surface area (TPSA) is 97.5 Å². The van der Waals surface area contributed by atoms with Crippen molar-refractivity contribution in [2.24, 2.45) is 7.05 Å². The van der Waals surface area contributed by atoms with Gasteiger partial charge >= 0.3 is 5.97 Å². The van der Waals surface area contributed by atoms with Crippen molar-refractivity contribution in [3.8, 4) is 5.75 Å². The van der Waals surface area contributed by atoms with Gasteiger partial charge in [0.25, 0.3) is 0 Å². The Labute approximate surface area is 171 Å². The highest BCUT2D eigenvalue weighted by Gasteiger charge is 2.25. The molecule has 0 fully saturated rings. The molecule has 0 saturated carbocycles. The lowest BCUT2D eigenvalue weighted by molar-refractivity contribution is -0.137. The number of aliphatic hydroxyl groups excluding tert-OH is 1. The molecule has 0 aliphatic rings. The molecule has 0 aliphatic carbocycles. The van der Waals surface area contributed by atoms with Crippen molar-refractivity contribution in [2.45, 2.75) is 25.9 Å². The molecule has 1 atom stereocenters. The van der Waals surface area contributed by atoms with Gasteiger partial charge in [-0.25, -0.2) is 4.68 Å². The molecule has 7 nitrogen and oxygen atoms in total. The predicted octanol–water partition coefficient (Wildman–Crippen LogP) is 3.60. The molecule has 2 aromatic heterocycles. The van der Waals surface area contributed by atoms with Crippen LogP contribution < -0.4 is 4.74 Å². The molecule has 0 aliphatic heterocycles. The molecule has 0 saturated heterocycles. The summed E-state index contributed by atoms with van der Waals surface area (Å²) in [5.74, 6) is -0.714. The van der Waals surface area contributed by atoms with Crippen LogP contribution in [0.3, 0.4) is 0 Å². The Hall–Kier alpha value is -2.97. The van der Waals surface area contributed by atoms with E-state index in [1.807, 2.05) is 36.6 Å². The molecule has 29 heavy (non-hydrogen) atoms. The van der Waals surface area contributed by atoms with Crippen LogP contribution in [-0.4, -0.2) is 38.3 Å². The van der Waals surface area contributed by atoms with Gasteiger partial charge in [-0.1, -0.05) is 11.3 Å². The summed E-state index contributed by atoms with van der Waals surface area (Å²) in [4.78, 5) is 11.7. The van der Waals surface area contributed by atoms with Gasteiger partial charge in [0.2, 0.25) is 0 Å². The second-order valence-electron chi connectivity index (χ2n) is 7.03. The molecule has 0 spiro atoms. The first-order valence-electron chi connectivity index (χ1n) is 9.14. The summed E-state index contributed by atoms with van der Waals surface area (Å²) >= 11 is 1.57. The summed E-state index contributed by atoms with van der Waals surface area (Å²) < 4.78 is 8.24. The molecule has 2 aromatic carbocycles. The number of carbonyl (C=O) groups is 1. The quantitative estimate of drug-likeness (QED) is 0.503. The number of fused-ring (bicyclic) bond motifs is 2. The third kappa shape index (κ3) is 3.24. The molecule has 2 N–H and O–H groups in total. The number of nitrogens with zero attached hydrogens (tertiary/aromatic N) is 3. The number of hydrogen-bond acceptors (Lipinski definition) is 6. The van der Waals surface area contributed by atoms with Gasteiger partial charge in [0, 0.05) is 17.7 Å². The maximum absolute atomic E-state index is 11.7. The first kappa shape index (κ1) is 19.4. The Morgan fingerprint density at radius 1 is 1.34 bits per heavy atom. The van der Waals surface area contributed by atoms with E-state index < -0.39 is 11.9 Å². The summed E-state index contributed by atoms with van der Waals surface area (Å²) in [6.07, 6.45) is -0.0870. The molecule has 8 heteroatoms.